The quantitative estimate of drug-likeness (QED) is 0.761. The van der Waals surface area contributed by atoms with Crippen molar-refractivity contribution in [3.05, 3.63) is 45.9 Å². The highest BCUT2D eigenvalue weighted by molar-refractivity contribution is 6.36. The lowest BCUT2D eigenvalue weighted by atomic mass is 9.88. The first kappa shape index (κ1) is 18.0. The molecule has 1 saturated heterocycles. The van der Waals surface area contributed by atoms with Crippen LogP contribution in [0.4, 0.5) is 5.69 Å². The third-order valence-electron chi connectivity index (χ3n) is 5.53. The van der Waals surface area contributed by atoms with Crippen LogP contribution >= 0.6 is 23.2 Å². The van der Waals surface area contributed by atoms with Gasteiger partial charge in [-0.25, -0.2) is 0 Å². The Morgan fingerprint density at radius 1 is 1.15 bits per heavy atom. The SMILES string of the molecule is CCN(CC)c1cc(-c2ccc(Cl)cc2Cl)cc2c1OC1CCNCC21. The number of nitrogens with zero attached hydrogens (tertiary/aromatic N) is 1. The lowest BCUT2D eigenvalue weighted by Crippen LogP contribution is -2.37. The molecule has 0 amide bonds. The first-order valence-electron chi connectivity index (χ1n) is 9.38. The molecular weight excluding hydrogens is 367 g/mol. The Balaban J connectivity index is 1.88. The molecule has 2 atom stereocenters. The van der Waals surface area contributed by atoms with Crippen molar-refractivity contribution >= 4 is 28.9 Å². The van der Waals surface area contributed by atoms with E-state index < -0.39 is 0 Å². The van der Waals surface area contributed by atoms with Crippen molar-refractivity contribution in [1.29, 1.82) is 0 Å². The third kappa shape index (κ3) is 3.06. The minimum Gasteiger partial charge on any atom is -0.487 e. The molecule has 2 aliphatic rings. The Bertz CT molecular complexity index is 820. The van der Waals surface area contributed by atoms with Crippen LogP contribution in [-0.4, -0.2) is 32.3 Å². The zero-order chi connectivity index (χ0) is 18.3. The fourth-order valence-corrected chi connectivity index (χ4v) is 4.67. The van der Waals surface area contributed by atoms with Crippen LogP contribution in [0.15, 0.2) is 30.3 Å². The van der Waals surface area contributed by atoms with E-state index in [9.17, 15) is 0 Å². The van der Waals surface area contributed by atoms with E-state index in [0.717, 1.165) is 49.5 Å². The fourth-order valence-electron chi connectivity index (χ4n) is 4.15. The van der Waals surface area contributed by atoms with Gasteiger partial charge in [0.25, 0.3) is 0 Å². The second kappa shape index (κ2) is 7.30. The van der Waals surface area contributed by atoms with Gasteiger partial charge in [0.15, 0.2) is 0 Å². The van der Waals surface area contributed by atoms with Crippen molar-refractivity contribution in [2.75, 3.05) is 31.1 Å². The van der Waals surface area contributed by atoms with Crippen LogP contribution in [0.25, 0.3) is 11.1 Å². The highest BCUT2D eigenvalue weighted by atomic mass is 35.5. The van der Waals surface area contributed by atoms with Gasteiger partial charge < -0.3 is 15.0 Å². The molecular formula is C21H24Cl2N2O. The lowest BCUT2D eigenvalue weighted by molar-refractivity contribution is 0.172. The van der Waals surface area contributed by atoms with Crippen LogP contribution in [0.2, 0.25) is 10.0 Å². The number of hydrogen-bond acceptors (Lipinski definition) is 3. The topological polar surface area (TPSA) is 24.5 Å². The highest BCUT2D eigenvalue weighted by Gasteiger charge is 2.38. The monoisotopic (exact) mass is 390 g/mol. The summed E-state index contributed by atoms with van der Waals surface area (Å²) >= 11 is 12.6. The van der Waals surface area contributed by atoms with Crippen molar-refractivity contribution in [1.82, 2.24) is 5.32 Å². The maximum atomic E-state index is 6.51. The molecule has 4 rings (SSSR count). The molecule has 5 heteroatoms. The van der Waals surface area contributed by atoms with Crippen molar-refractivity contribution in [2.45, 2.75) is 32.3 Å². The predicted octanol–water partition coefficient (Wildman–Crippen LogP) is 5.34. The van der Waals surface area contributed by atoms with Gasteiger partial charge >= 0.3 is 0 Å². The molecule has 2 heterocycles. The van der Waals surface area contributed by atoms with E-state index in [1.807, 2.05) is 18.2 Å². The van der Waals surface area contributed by atoms with E-state index in [1.165, 1.54) is 11.3 Å². The van der Waals surface area contributed by atoms with Gasteiger partial charge in [0, 0.05) is 46.7 Å². The first-order chi connectivity index (χ1) is 12.6. The van der Waals surface area contributed by atoms with Gasteiger partial charge in [-0.3, -0.25) is 0 Å². The van der Waals surface area contributed by atoms with E-state index in [2.05, 4.69) is 36.2 Å². The first-order valence-corrected chi connectivity index (χ1v) is 10.1. The molecule has 138 valence electrons. The van der Waals surface area contributed by atoms with Crippen LogP contribution in [0, 0.1) is 0 Å². The molecule has 1 fully saturated rings. The Labute approximate surface area is 165 Å². The number of piperidine rings is 1. The largest absolute Gasteiger partial charge is 0.487 e. The predicted molar refractivity (Wildman–Crippen MR) is 110 cm³/mol. The molecule has 1 N–H and O–H groups in total. The average molecular weight is 391 g/mol. The summed E-state index contributed by atoms with van der Waals surface area (Å²) in [4.78, 5) is 2.36. The summed E-state index contributed by atoms with van der Waals surface area (Å²) in [6, 6.07) is 10.2. The van der Waals surface area contributed by atoms with Crippen molar-refractivity contribution in [2.24, 2.45) is 0 Å². The van der Waals surface area contributed by atoms with E-state index in [-0.39, 0.29) is 6.10 Å². The van der Waals surface area contributed by atoms with Crippen LogP contribution < -0.4 is 15.0 Å². The van der Waals surface area contributed by atoms with Crippen LogP contribution in [0.1, 0.15) is 31.7 Å². The molecule has 2 aromatic carbocycles. The molecule has 26 heavy (non-hydrogen) atoms. The summed E-state index contributed by atoms with van der Waals surface area (Å²) < 4.78 is 6.43. The number of rotatable bonds is 4. The summed E-state index contributed by atoms with van der Waals surface area (Å²) in [5, 5.41) is 4.85. The molecule has 0 radical (unpaired) electrons. The minimum absolute atomic E-state index is 0.275. The zero-order valence-electron chi connectivity index (χ0n) is 15.2. The van der Waals surface area contributed by atoms with Gasteiger partial charge in [0.05, 0.1) is 5.69 Å². The fraction of sp³-hybridized carbons (Fsp3) is 0.429. The number of anilines is 1. The van der Waals surface area contributed by atoms with Gasteiger partial charge in [0.1, 0.15) is 11.9 Å². The number of nitrogens with one attached hydrogen (secondary N) is 1. The van der Waals surface area contributed by atoms with Gasteiger partial charge in [0.2, 0.25) is 0 Å². The summed E-state index contributed by atoms with van der Waals surface area (Å²) in [6.07, 6.45) is 1.32. The van der Waals surface area contributed by atoms with Crippen molar-refractivity contribution in [3.63, 3.8) is 0 Å². The number of hydrogen-bond donors (Lipinski definition) is 1. The van der Waals surface area contributed by atoms with Gasteiger partial charge in [-0.1, -0.05) is 29.3 Å². The van der Waals surface area contributed by atoms with Crippen LogP contribution in [0.3, 0.4) is 0 Å². The number of fused-ring (bicyclic) bond motifs is 3. The molecule has 0 spiro atoms. The van der Waals surface area contributed by atoms with Gasteiger partial charge in [-0.2, -0.15) is 0 Å². The molecule has 3 nitrogen and oxygen atoms in total. The van der Waals surface area contributed by atoms with Gasteiger partial charge in [-0.05, 0) is 56.6 Å². The number of ether oxygens (including phenoxy) is 1. The highest BCUT2D eigenvalue weighted by Crippen LogP contribution is 2.49. The van der Waals surface area contributed by atoms with Crippen molar-refractivity contribution < 1.29 is 4.74 Å². The summed E-state index contributed by atoms with van der Waals surface area (Å²) in [5.74, 6) is 1.46. The summed E-state index contributed by atoms with van der Waals surface area (Å²) in [6.45, 7) is 8.23. The second-order valence-electron chi connectivity index (χ2n) is 6.97. The van der Waals surface area contributed by atoms with E-state index >= 15 is 0 Å². The Kier molecular flexibility index (Phi) is 5.05. The lowest BCUT2D eigenvalue weighted by Gasteiger charge is -2.25. The summed E-state index contributed by atoms with van der Waals surface area (Å²) in [7, 11) is 0. The second-order valence-corrected chi connectivity index (χ2v) is 7.81. The van der Waals surface area contributed by atoms with E-state index in [0.29, 0.717) is 16.0 Å². The minimum atomic E-state index is 0.275. The molecule has 0 aliphatic carbocycles. The van der Waals surface area contributed by atoms with Crippen LogP contribution in [-0.2, 0) is 0 Å². The molecule has 2 aromatic rings. The Hall–Kier alpha value is -1.42. The maximum Gasteiger partial charge on any atom is 0.146 e. The normalized spacial score (nSPS) is 21.1. The third-order valence-corrected chi connectivity index (χ3v) is 6.08. The molecule has 0 saturated carbocycles. The molecule has 0 bridgehead atoms. The average Bonchev–Trinajstić information content (AvgIpc) is 3.01. The van der Waals surface area contributed by atoms with Crippen LogP contribution in [0.5, 0.6) is 5.75 Å². The van der Waals surface area contributed by atoms with E-state index in [1.54, 1.807) is 0 Å². The summed E-state index contributed by atoms with van der Waals surface area (Å²) in [5.41, 5.74) is 4.61. The number of benzene rings is 2. The zero-order valence-corrected chi connectivity index (χ0v) is 16.7. The van der Waals surface area contributed by atoms with E-state index in [4.69, 9.17) is 27.9 Å². The molecule has 0 aromatic heterocycles. The Morgan fingerprint density at radius 2 is 1.96 bits per heavy atom. The smallest absolute Gasteiger partial charge is 0.146 e. The standard InChI is InChI=1S/C21H24Cl2N2O/c1-3-25(4-2)19-10-13(15-6-5-14(22)11-18(15)23)9-16-17-12-24-8-7-20(17)26-21(16)19/h5-6,9-11,17,20,24H,3-4,7-8,12H2,1-2H3. The maximum absolute atomic E-state index is 6.51. The molecule has 2 unspecified atom stereocenters. The molecule has 2 aliphatic heterocycles. The van der Waals surface area contributed by atoms with Gasteiger partial charge in [-0.15, -0.1) is 0 Å². The number of halogens is 2. The Morgan fingerprint density at radius 3 is 2.69 bits per heavy atom. The van der Waals surface area contributed by atoms with Crippen molar-refractivity contribution in [3.8, 4) is 16.9 Å².